The summed E-state index contributed by atoms with van der Waals surface area (Å²) in [6, 6.07) is 24.3. The van der Waals surface area contributed by atoms with Crippen molar-refractivity contribution in [2.24, 2.45) is 17.8 Å². The number of carbonyl (C=O) groups excluding carboxylic acids is 3. The van der Waals surface area contributed by atoms with Gasteiger partial charge in [0, 0.05) is 55.3 Å². The van der Waals surface area contributed by atoms with Crippen LogP contribution in [0, 0.1) is 17.8 Å². The standard InChI is InChI=1S/C48H57N3O9/c1-45(2,3)57-43(53)50-46-25-30-23-33(27-46)48(34(24-30)28-46)58-47(59-60-48)20-8-9-32(26-47)31-14-16-36(17-15-31)56-44(54)51-21-18-35(19-22-51)49-42(52)55-29-41-39-12-6-4-10-37(39)38-11-5-7-13-40(38)41/h4-7,10-17,30,32-35,41H,8-9,18-29H2,1-3H3,(H,49,52)(H,50,53)/t30?,32?,33-,34-,46?,47-,48?/m1/s1. The Bertz CT molecular complexity index is 2070. The summed E-state index contributed by atoms with van der Waals surface area (Å²) in [4.78, 5) is 53.3. The van der Waals surface area contributed by atoms with Crippen LogP contribution < -0.4 is 15.4 Å². The molecule has 4 bridgehead atoms. The van der Waals surface area contributed by atoms with E-state index in [1.165, 1.54) is 22.3 Å². The van der Waals surface area contributed by atoms with Crippen molar-refractivity contribution in [3.8, 4) is 16.9 Å². The molecule has 3 aromatic carbocycles. The van der Waals surface area contributed by atoms with Gasteiger partial charge in [-0.3, -0.25) is 0 Å². The van der Waals surface area contributed by atoms with Crippen molar-refractivity contribution in [2.75, 3.05) is 19.7 Å². The van der Waals surface area contributed by atoms with E-state index < -0.39 is 29.4 Å². The fourth-order valence-corrected chi connectivity index (χ4v) is 12.0. The molecule has 6 aliphatic carbocycles. The Labute approximate surface area is 351 Å². The number of hydrogen-bond acceptors (Lipinski definition) is 9. The van der Waals surface area contributed by atoms with Gasteiger partial charge in [0.05, 0.1) is 0 Å². The van der Waals surface area contributed by atoms with E-state index in [9.17, 15) is 14.4 Å². The molecule has 12 nitrogen and oxygen atoms in total. The highest BCUT2D eigenvalue weighted by molar-refractivity contribution is 5.79. The summed E-state index contributed by atoms with van der Waals surface area (Å²) in [7, 11) is 0. The van der Waals surface area contributed by atoms with E-state index in [0.717, 1.165) is 56.9 Å². The number of nitrogens with one attached hydrogen (secondary N) is 2. The smallest absolute Gasteiger partial charge is 0.415 e. The van der Waals surface area contributed by atoms with Gasteiger partial charge in [0.2, 0.25) is 11.6 Å². The molecule has 0 aromatic heterocycles. The summed E-state index contributed by atoms with van der Waals surface area (Å²) < 4.78 is 24.3. The first-order valence-electron chi connectivity index (χ1n) is 22.1. The van der Waals surface area contributed by atoms with Crippen molar-refractivity contribution in [1.29, 1.82) is 0 Å². The molecule has 4 atom stereocenters. The molecule has 3 aromatic rings. The number of nitrogens with zero attached hydrogens (tertiary/aromatic N) is 1. The highest BCUT2D eigenvalue weighted by Gasteiger charge is 2.70. The van der Waals surface area contributed by atoms with E-state index in [1.54, 1.807) is 4.90 Å². The van der Waals surface area contributed by atoms with Gasteiger partial charge in [0.1, 0.15) is 18.0 Å². The molecule has 60 heavy (non-hydrogen) atoms. The molecule has 8 aliphatic rings. The first-order valence-corrected chi connectivity index (χ1v) is 22.1. The molecule has 5 saturated carbocycles. The van der Waals surface area contributed by atoms with Crippen molar-refractivity contribution >= 4 is 18.3 Å². The number of rotatable bonds is 6. The lowest BCUT2D eigenvalue weighted by Gasteiger charge is -2.62. The largest absolute Gasteiger partial charge is 0.449 e. The Hall–Kier alpha value is -4.65. The van der Waals surface area contributed by atoms with Gasteiger partial charge in [-0.15, -0.1) is 0 Å². The average molecular weight is 820 g/mol. The molecule has 318 valence electrons. The quantitative estimate of drug-likeness (QED) is 0.234. The highest BCUT2D eigenvalue weighted by Crippen LogP contribution is 2.65. The number of benzene rings is 3. The Morgan fingerprint density at radius 2 is 1.47 bits per heavy atom. The third kappa shape index (κ3) is 7.42. The summed E-state index contributed by atoms with van der Waals surface area (Å²) in [6.07, 6.45) is 7.99. The number of likely N-dealkylation sites (tertiary alicyclic amines) is 1. The number of fused-ring (bicyclic) bond motifs is 3. The molecule has 11 rings (SSSR count). The molecule has 2 aliphatic heterocycles. The maximum atomic E-state index is 13.2. The van der Waals surface area contributed by atoms with Crippen molar-refractivity contribution in [3.63, 3.8) is 0 Å². The lowest BCUT2D eigenvalue weighted by atomic mass is 9.50. The van der Waals surface area contributed by atoms with E-state index in [0.29, 0.717) is 44.0 Å². The van der Waals surface area contributed by atoms with Gasteiger partial charge in [-0.25, -0.2) is 14.4 Å². The fraction of sp³-hybridized carbons (Fsp3) is 0.562. The highest BCUT2D eigenvalue weighted by atomic mass is 17.3. The van der Waals surface area contributed by atoms with Gasteiger partial charge in [0.25, 0.3) is 0 Å². The van der Waals surface area contributed by atoms with Gasteiger partial charge in [-0.1, -0.05) is 60.7 Å². The first-order chi connectivity index (χ1) is 28.9. The third-order valence-corrected chi connectivity index (χ3v) is 14.4. The normalized spacial score (nSPS) is 31.8. The first kappa shape index (κ1) is 39.5. The molecule has 2 heterocycles. The number of alkyl carbamates (subject to hydrolysis) is 2. The summed E-state index contributed by atoms with van der Waals surface area (Å²) in [6.45, 7) is 6.89. The van der Waals surface area contributed by atoms with Gasteiger partial charge < -0.3 is 34.5 Å². The van der Waals surface area contributed by atoms with Crippen LogP contribution in [0.3, 0.4) is 0 Å². The van der Waals surface area contributed by atoms with E-state index in [-0.39, 0.29) is 48.0 Å². The van der Waals surface area contributed by atoms with Gasteiger partial charge >= 0.3 is 18.3 Å². The minimum Gasteiger partial charge on any atom is -0.449 e. The molecule has 2 saturated heterocycles. The summed E-state index contributed by atoms with van der Waals surface area (Å²) in [5.41, 5.74) is 5.03. The van der Waals surface area contributed by atoms with Crippen LogP contribution >= 0.6 is 0 Å². The molecular formula is C48H57N3O9. The summed E-state index contributed by atoms with van der Waals surface area (Å²) in [5.74, 6) is -0.130. The molecule has 0 radical (unpaired) electrons. The number of amides is 3. The Kier molecular flexibility index (Phi) is 9.91. The van der Waals surface area contributed by atoms with Crippen molar-refractivity contribution in [2.45, 2.75) is 132 Å². The molecule has 3 amide bonds. The Morgan fingerprint density at radius 1 is 0.800 bits per heavy atom. The Balaban J connectivity index is 0.693. The SMILES string of the molecule is CC(C)(C)OC(=O)NC12CC3C[C@H](C1)C1(OO[C@@]4(CCCC(c5ccc(OC(=O)N6CCC(NC(=O)OCC7c8ccccc8-c8ccccc87)CC6)cc5)C4)O1)[C@H](C3)C2. The molecular weight excluding hydrogens is 763 g/mol. The fourth-order valence-electron chi connectivity index (χ4n) is 12.0. The second-order valence-electron chi connectivity index (χ2n) is 19.6. The maximum absolute atomic E-state index is 13.2. The van der Waals surface area contributed by atoms with Gasteiger partial charge in [0.15, 0.2) is 0 Å². The lowest BCUT2D eigenvalue weighted by Crippen LogP contribution is -2.69. The van der Waals surface area contributed by atoms with Crippen LogP contribution in [0.1, 0.15) is 120 Å². The van der Waals surface area contributed by atoms with Crippen LogP contribution in [-0.4, -0.2) is 71.6 Å². The minimum atomic E-state index is -0.818. The number of hydrogen-bond donors (Lipinski definition) is 2. The molecule has 12 heteroatoms. The van der Waals surface area contributed by atoms with E-state index in [1.807, 2.05) is 69.3 Å². The number of ether oxygens (including phenoxy) is 4. The predicted octanol–water partition coefficient (Wildman–Crippen LogP) is 9.32. The van der Waals surface area contributed by atoms with Gasteiger partial charge in [-0.05, 0) is 130 Å². The summed E-state index contributed by atoms with van der Waals surface area (Å²) in [5, 5.41) is 6.30. The van der Waals surface area contributed by atoms with Gasteiger partial charge in [-0.2, -0.15) is 9.78 Å². The van der Waals surface area contributed by atoms with Crippen molar-refractivity contribution < 1.29 is 43.1 Å². The van der Waals surface area contributed by atoms with Crippen molar-refractivity contribution in [1.82, 2.24) is 15.5 Å². The van der Waals surface area contributed by atoms with Crippen molar-refractivity contribution in [3.05, 3.63) is 89.5 Å². The van der Waals surface area contributed by atoms with Crippen LogP contribution in [0.2, 0.25) is 0 Å². The van der Waals surface area contributed by atoms with Crippen LogP contribution in [0.25, 0.3) is 11.1 Å². The molecule has 1 unspecified atom stereocenters. The third-order valence-electron chi connectivity index (χ3n) is 14.4. The second kappa shape index (κ2) is 15.1. The molecule has 2 N–H and O–H groups in total. The number of piperidine rings is 1. The average Bonchev–Trinajstić information content (AvgIpc) is 3.74. The summed E-state index contributed by atoms with van der Waals surface area (Å²) >= 11 is 0. The lowest BCUT2D eigenvalue weighted by molar-refractivity contribution is -0.391. The number of carbonyl (C=O) groups is 3. The van der Waals surface area contributed by atoms with Crippen LogP contribution in [-0.2, 0) is 24.0 Å². The van der Waals surface area contributed by atoms with E-state index >= 15 is 0 Å². The van der Waals surface area contributed by atoms with Crippen LogP contribution in [0.4, 0.5) is 14.4 Å². The molecule has 2 spiro atoms. The zero-order chi connectivity index (χ0) is 41.3. The predicted molar refractivity (Wildman–Crippen MR) is 221 cm³/mol. The van der Waals surface area contributed by atoms with Crippen LogP contribution in [0.15, 0.2) is 72.8 Å². The maximum Gasteiger partial charge on any atom is 0.415 e. The van der Waals surface area contributed by atoms with Crippen LogP contribution in [0.5, 0.6) is 5.75 Å². The molecule has 7 fully saturated rings. The zero-order valence-electron chi connectivity index (χ0n) is 34.9. The van der Waals surface area contributed by atoms with E-state index in [4.69, 9.17) is 28.7 Å². The topological polar surface area (TPSA) is 134 Å². The monoisotopic (exact) mass is 819 g/mol. The van der Waals surface area contributed by atoms with E-state index in [2.05, 4.69) is 34.9 Å². The Morgan fingerprint density at radius 3 is 2.13 bits per heavy atom. The zero-order valence-corrected chi connectivity index (χ0v) is 34.9. The minimum absolute atomic E-state index is 0.00389. The second-order valence-corrected chi connectivity index (χ2v) is 19.6.